The van der Waals surface area contributed by atoms with E-state index >= 15 is 0 Å². The first kappa shape index (κ1) is 19.5. The van der Waals surface area contributed by atoms with Crippen molar-refractivity contribution >= 4 is 0 Å². The monoisotopic (exact) mass is 417 g/mol. The number of halogens is 1. The van der Waals surface area contributed by atoms with Gasteiger partial charge in [0.1, 0.15) is 17.4 Å². The molecule has 7 heteroatoms. The topological polar surface area (TPSA) is 57.8 Å². The quantitative estimate of drug-likeness (QED) is 0.478. The molecular formula is C24H24FN5O. The van der Waals surface area contributed by atoms with E-state index in [0.717, 1.165) is 59.0 Å². The fourth-order valence-corrected chi connectivity index (χ4v) is 4.38. The van der Waals surface area contributed by atoms with Gasteiger partial charge in [-0.25, -0.2) is 19.0 Å². The van der Waals surface area contributed by atoms with Crippen LogP contribution in [0.3, 0.4) is 0 Å². The van der Waals surface area contributed by atoms with Crippen LogP contribution in [0, 0.1) is 19.7 Å². The number of hydrogen-bond acceptors (Lipinski definition) is 4. The summed E-state index contributed by atoms with van der Waals surface area (Å²) < 4.78 is 23.2. The van der Waals surface area contributed by atoms with Crippen molar-refractivity contribution in [3.63, 3.8) is 0 Å². The van der Waals surface area contributed by atoms with E-state index in [0.29, 0.717) is 5.82 Å². The third kappa shape index (κ3) is 3.50. The summed E-state index contributed by atoms with van der Waals surface area (Å²) in [7, 11) is 1.66. The molecule has 0 unspecified atom stereocenters. The summed E-state index contributed by atoms with van der Waals surface area (Å²) in [5.74, 6) is 2.25. The lowest BCUT2D eigenvalue weighted by Gasteiger charge is -2.23. The number of rotatable bonds is 4. The molecule has 31 heavy (non-hydrogen) atoms. The normalized spacial score (nSPS) is 15.7. The molecule has 4 aromatic rings. The molecule has 0 saturated carbocycles. The van der Waals surface area contributed by atoms with Gasteiger partial charge in [0.2, 0.25) is 0 Å². The van der Waals surface area contributed by atoms with Crippen LogP contribution < -0.4 is 4.74 Å². The van der Waals surface area contributed by atoms with Crippen LogP contribution in [-0.2, 0) is 6.54 Å². The van der Waals surface area contributed by atoms with Gasteiger partial charge in [0.25, 0.3) is 0 Å². The maximum Gasteiger partial charge on any atom is 0.181 e. The minimum absolute atomic E-state index is 0.116. The Hall–Kier alpha value is -3.48. The van der Waals surface area contributed by atoms with Crippen LogP contribution in [0.5, 0.6) is 5.75 Å². The number of aromatic nitrogens is 5. The zero-order valence-electron chi connectivity index (χ0n) is 17.8. The Bertz CT molecular complexity index is 1260. The number of hydrogen-bond donors (Lipinski definition) is 0. The lowest BCUT2D eigenvalue weighted by Crippen LogP contribution is -2.18. The molecule has 0 saturated heterocycles. The molecule has 0 fully saturated rings. The van der Waals surface area contributed by atoms with E-state index in [1.165, 1.54) is 6.07 Å². The predicted octanol–water partition coefficient (Wildman–Crippen LogP) is 4.82. The highest BCUT2D eigenvalue weighted by atomic mass is 19.1. The SMILES string of the molecule is COc1cc(-c2nc3n(n2)CCC[C@@H]3c2ccc(F)cc2C)ccc1-n1cnc(C)c1. The molecule has 0 amide bonds. The lowest BCUT2D eigenvalue weighted by atomic mass is 9.88. The molecule has 3 heterocycles. The molecule has 1 atom stereocenters. The Morgan fingerprint density at radius 3 is 2.74 bits per heavy atom. The van der Waals surface area contributed by atoms with Crippen LogP contribution in [0.4, 0.5) is 4.39 Å². The Labute approximate surface area is 180 Å². The van der Waals surface area contributed by atoms with Crippen LogP contribution in [-0.4, -0.2) is 31.4 Å². The van der Waals surface area contributed by atoms with Crippen molar-refractivity contribution in [1.29, 1.82) is 0 Å². The minimum atomic E-state index is -0.209. The Morgan fingerprint density at radius 2 is 2.00 bits per heavy atom. The molecule has 6 nitrogen and oxygen atoms in total. The maximum absolute atomic E-state index is 13.6. The standard InChI is InChI=1S/C24H24FN5O/c1-15-11-18(25)7-8-19(15)20-5-4-10-30-24(20)27-23(28-30)17-6-9-21(22(12-17)31-3)29-13-16(2)26-14-29/h6-9,11-14,20H,4-5,10H2,1-3H3/t20-/m1/s1. The molecular weight excluding hydrogens is 393 g/mol. The van der Waals surface area contributed by atoms with Crippen molar-refractivity contribution in [2.75, 3.05) is 7.11 Å². The first-order valence-electron chi connectivity index (χ1n) is 10.4. The number of nitrogens with zero attached hydrogens (tertiary/aromatic N) is 5. The van der Waals surface area contributed by atoms with Crippen molar-refractivity contribution in [2.24, 2.45) is 0 Å². The smallest absolute Gasteiger partial charge is 0.181 e. The summed E-state index contributed by atoms with van der Waals surface area (Å²) in [6.07, 6.45) is 5.73. The van der Waals surface area contributed by atoms with Gasteiger partial charge in [-0.2, -0.15) is 5.10 Å². The van der Waals surface area contributed by atoms with Gasteiger partial charge in [0.05, 0.1) is 24.8 Å². The molecule has 0 spiro atoms. The first-order chi connectivity index (χ1) is 15.0. The van der Waals surface area contributed by atoms with Gasteiger partial charge >= 0.3 is 0 Å². The van der Waals surface area contributed by atoms with Crippen molar-refractivity contribution in [1.82, 2.24) is 24.3 Å². The Morgan fingerprint density at radius 1 is 1.13 bits per heavy atom. The Balaban J connectivity index is 1.53. The van der Waals surface area contributed by atoms with Gasteiger partial charge in [-0.15, -0.1) is 0 Å². The third-order valence-corrected chi connectivity index (χ3v) is 5.91. The van der Waals surface area contributed by atoms with E-state index in [1.807, 2.05) is 53.6 Å². The van der Waals surface area contributed by atoms with Gasteiger partial charge in [-0.05, 0) is 68.1 Å². The third-order valence-electron chi connectivity index (χ3n) is 5.91. The minimum Gasteiger partial charge on any atom is -0.495 e. The summed E-state index contributed by atoms with van der Waals surface area (Å²) in [5.41, 5.74) is 4.82. The molecule has 2 aromatic carbocycles. The molecule has 0 N–H and O–H groups in total. The lowest BCUT2D eigenvalue weighted by molar-refractivity contribution is 0.413. The van der Waals surface area contributed by atoms with E-state index in [-0.39, 0.29) is 11.7 Å². The van der Waals surface area contributed by atoms with Crippen molar-refractivity contribution < 1.29 is 9.13 Å². The van der Waals surface area contributed by atoms with Crippen molar-refractivity contribution in [3.05, 3.63) is 77.4 Å². The van der Waals surface area contributed by atoms with Gasteiger partial charge in [0.15, 0.2) is 5.82 Å². The summed E-state index contributed by atoms with van der Waals surface area (Å²) in [4.78, 5) is 9.21. The van der Waals surface area contributed by atoms with Crippen LogP contribution in [0.15, 0.2) is 48.9 Å². The van der Waals surface area contributed by atoms with Crippen molar-refractivity contribution in [3.8, 4) is 22.8 Å². The van der Waals surface area contributed by atoms with Gasteiger partial charge in [-0.3, -0.25) is 0 Å². The number of benzene rings is 2. The number of ether oxygens (including phenoxy) is 1. The van der Waals surface area contributed by atoms with E-state index in [2.05, 4.69) is 4.98 Å². The fraction of sp³-hybridized carbons (Fsp3) is 0.292. The second-order valence-electron chi connectivity index (χ2n) is 8.02. The van der Waals surface area contributed by atoms with E-state index in [9.17, 15) is 4.39 Å². The molecule has 0 bridgehead atoms. The molecule has 2 aromatic heterocycles. The molecule has 158 valence electrons. The van der Waals surface area contributed by atoms with Gasteiger partial charge in [-0.1, -0.05) is 6.07 Å². The largest absolute Gasteiger partial charge is 0.495 e. The van der Waals surface area contributed by atoms with Crippen LogP contribution in [0.2, 0.25) is 0 Å². The zero-order chi connectivity index (χ0) is 21.5. The first-order valence-corrected chi connectivity index (χ1v) is 10.4. The summed E-state index contributed by atoms with van der Waals surface area (Å²) >= 11 is 0. The number of aryl methyl sites for hydroxylation is 3. The van der Waals surface area contributed by atoms with Crippen LogP contribution in [0.1, 0.15) is 41.4 Å². The summed E-state index contributed by atoms with van der Waals surface area (Å²) in [5, 5.41) is 4.78. The van der Waals surface area contributed by atoms with Gasteiger partial charge < -0.3 is 9.30 Å². The zero-order valence-corrected chi connectivity index (χ0v) is 17.8. The average molecular weight is 417 g/mol. The molecule has 0 aliphatic carbocycles. The summed E-state index contributed by atoms with van der Waals surface area (Å²) in [6.45, 7) is 4.74. The highest BCUT2D eigenvalue weighted by Gasteiger charge is 2.27. The maximum atomic E-state index is 13.6. The van der Waals surface area contributed by atoms with Crippen LogP contribution >= 0.6 is 0 Å². The highest BCUT2D eigenvalue weighted by Crippen LogP contribution is 2.36. The van der Waals surface area contributed by atoms with E-state index in [1.54, 1.807) is 19.5 Å². The summed E-state index contributed by atoms with van der Waals surface area (Å²) in [6, 6.07) is 11.0. The van der Waals surface area contributed by atoms with Crippen molar-refractivity contribution in [2.45, 2.75) is 39.2 Å². The van der Waals surface area contributed by atoms with Crippen LogP contribution in [0.25, 0.3) is 17.1 Å². The molecule has 1 aliphatic heterocycles. The average Bonchev–Trinajstić information content (AvgIpc) is 3.39. The predicted molar refractivity (Wildman–Crippen MR) is 116 cm³/mol. The Kier molecular flexibility index (Phi) is 4.81. The fourth-order valence-electron chi connectivity index (χ4n) is 4.38. The second-order valence-corrected chi connectivity index (χ2v) is 8.02. The van der Waals surface area contributed by atoms with E-state index in [4.69, 9.17) is 14.8 Å². The molecule has 5 rings (SSSR count). The second kappa shape index (κ2) is 7.65. The molecule has 0 radical (unpaired) electrons. The highest BCUT2D eigenvalue weighted by molar-refractivity contribution is 5.63. The van der Waals surface area contributed by atoms with Gasteiger partial charge in [0, 0.05) is 24.2 Å². The number of methoxy groups -OCH3 is 1. The number of imidazole rings is 1. The van der Waals surface area contributed by atoms with E-state index < -0.39 is 0 Å². The molecule has 1 aliphatic rings. The number of fused-ring (bicyclic) bond motifs is 1.